The number of hydrogen-bond donors (Lipinski definition) is 1. The van der Waals surface area contributed by atoms with Crippen LogP contribution in [0.4, 0.5) is 11.4 Å². The lowest BCUT2D eigenvalue weighted by Crippen LogP contribution is -2.45. The van der Waals surface area contributed by atoms with Crippen molar-refractivity contribution in [2.75, 3.05) is 31.6 Å². The summed E-state index contributed by atoms with van der Waals surface area (Å²) in [6.07, 6.45) is 5.11. The first kappa shape index (κ1) is 22.5. The summed E-state index contributed by atoms with van der Waals surface area (Å²) in [5, 5.41) is 11.7. The van der Waals surface area contributed by atoms with E-state index in [4.69, 9.17) is 16.3 Å². The van der Waals surface area contributed by atoms with Gasteiger partial charge in [-0.15, -0.1) is 0 Å². The number of anilines is 2. The monoisotopic (exact) mass is 474 g/mol. The molecule has 3 aromatic rings. The maximum absolute atomic E-state index is 13.4. The van der Waals surface area contributed by atoms with E-state index in [9.17, 15) is 9.90 Å². The number of aliphatic hydroxyl groups is 1. The van der Waals surface area contributed by atoms with Gasteiger partial charge < -0.3 is 19.6 Å². The standard InChI is InChI=1S/C28H27ClN2O3/c1-34-26-19-21(31-16-6-8-20-7-2-5-11-25(20)31)12-13-22(26)27(32)30-17-14-28(33,15-18-30)23-9-3-4-10-24(23)29/h2-13,19,33H,14-18H2,1H3. The summed E-state index contributed by atoms with van der Waals surface area (Å²) >= 11 is 6.33. The fourth-order valence-electron chi connectivity index (χ4n) is 4.88. The van der Waals surface area contributed by atoms with E-state index in [0.29, 0.717) is 42.3 Å². The number of hydrogen-bond acceptors (Lipinski definition) is 4. The molecule has 3 aromatic carbocycles. The van der Waals surface area contributed by atoms with Crippen molar-refractivity contribution in [3.05, 3.63) is 94.5 Å². The normalized spacial score (nSPS) is 16.8. The van der Waals surface area contributed by atoms with Gasteiger partial charge in [-0.2, -0.15) is 0 Å². The largest absolute Gasteiger partial charge is 0.496 e. The maximum atomic E-state index is 13.4. The highest BCUT2D eigenvalue weighted by Crippen LogP contribution is 2.38. The van der Waals surface area contributed by atoms with E-state index in [0.717, 1.165) is 29.0 Å². The molecule has 2 aliphatic rings. The topological polar surface area (TPSA) is 53.0 Å². The Bertz CT molecular complexity index is 1250. The third kappa shape index (κ3) is 4.06. The van der Waals surface area contributed by atoms with Crippen LogP contribution in [0.25, 0.3) is 6.08 Å². The smallest absolute Gasteiger partial charge is 0.257 e. The highest BCUT2D eigenvalue weighted by atomic mass is 35.5. The van der Waals surface area contributed by atoms with Crippen molar-refractivity contribution in [3.8, 4) is 5.75 Å². The SMILES string of the molecule is COc1cc(N2CC=Cc3ccccc32)ccc1C(=O)N1CCC(O)(c2ccccc2Cl)CC1. The molecule has 5 nitrogen and oxygen atoms in total. The molecule has 0 unspecified atom stereocenters. The average Bonchev–Trinajstić information content (AvgIpc) is 2.88. The van der Waals surface area contributed by atoms with Gasteiger partial charge in [-0.05, 0) is 42.7 Å². The minimum Gasteiger partial charge on any atom is -0.496 e. The Labute approximate surface area is 204 Å². The van der Waals surface area contributed by atoms with Gasteiger partial charge in [0.1, 0.15) is 5.75 Å². The van der Waals surface area contributed by atoms with Crippen molar-refractivity contribution in [2.45, 2.75) is 18.4 Å². The zero-order chi connectivity index (χ0) is 23.7. The van der Waals surface area contributed by atoms with E-state index < -0.39 is 5.60 Å². The first-order valence-electron chi connectivity index (χ1n) is 11.5. The highest BCUT2D eigenvalue weighted by molar-refractivity contribution is 6.31. The molecule has 1 amide bonds. The number of carbonyl (C=O) groups excluding carboxylic acids is 1. The number of piperidine rings is 1. The van der Waals surface area contributed by atoms with Gasteiger partial charge in [-0.3, -0.25) is 4.79 Å². The van der Waals surface area contributed by atoms with E-state index in [1.165, 1.54) is 0 Å². The number of likely N-dealkylation sites (tertiary alicyclic amines) is 1. The van der Waals surface area contributed by atoms with Gasteiger partial charge in [-0.1, -0.05) is 60.2 Å². The molecule has 0 aromatic heterocycles. The summed E-state index contributed by atoms with van der Waals surface area (Å²) < 4.78 is 5.64. The molecule has 5 rings (SSSR count). The first-order valence-corrected chi connectivity index (χ1v) is 11.9. The Morgan fingerprint density at radius 1 is 1.03 bits per heavy atom. The zero-order valence-corrected chi connectivity index (χ0v) is 19.8. The third-order valence-corrected chi connectivity index (χ3v) is 7.12. The van der Waals surface area contributed by atoms with Gasteiger partial charge >= 0.3 is 0 Å². The van der Waals surface area contributed by atoms with E-state index in [-0.39, 0.29) is 5.91 Å². The molecule has 6 heteroatoms. The lowest BCUT2D eigenvalue weighted by molar-refractivity contribution is -0.0211. The average molecular weight is 475 g/mol. The van der Waals surface area contributed by atoms with Crippen LogP contribution in [0.5, 0.6) is 5.75 Å². The number of benzene rings is 3. The van der Waals surface area contributed by atoms with Gasteiger partial charge in [0.25, 0.3) is 5.91 Å². The van der Waals surface area contributed by atoms with Gasteiger partial charge in [0.2, 0.25) is 0 Å². The van der Waals surface area contributed by atoms with Crippen LogP contribution in [0.15, 0.2) is 72.8 Å². The molecule has 0 radical (unpaired) electrons. The van der Waals surface area contributed by atoms with Crippen molar-refractivity contribution in [1.29, 1.82) is 0 Å². The van der Waals surface area contributed by atoms with Gasteiger partial charge in [0.15, 0.2) is 0 Å². The van der Waals surface area contributed by atoms with Gasteiger partial charge in [0, 0.05) is 47.7 Å². The van der Waals surface area contributed by atoms with Gasteiger partial charge in [-0.25, -0.2) is 0 Å². The number of halogens is 1. The summed E-state index contributed by atoms with van der Waals surface area (Å²) in [7, 11) is 1.59. The lowest BCUT2D eigenvalue weighted by atomic mass is 9.84. The van der Waals surface area contributed by atoms with Crippen LogP contribution in [-0.2, 0) is 5.60 Å². The van der Waals surface area contributed by atoms with Crippen LogP contribution < -0.4 is 9.64 Å². The number of ether oxygens (including phenoxy) is 1. The van der Waals surface area contributed by atoms with E-state index in [1.54, 1.807) is 18.1 Å². The fourth-order valence-corrected chi connectivity index (χ4v) is 5.20. The Morgan fingerprint density at radius 2 is 1.76 bits per heavy atom. The predicted molar refractivity (Wildman–Crippen MR) is 136 cm³/mol. The molecular weight excluding hydrogens is 448 g/mol. The van der Waals surface area contributed by atoms with Crippen LogP contribution in [-0.4, -0.2) is 42.7 Å². The summed E-state index contributed by atoms with van der Waals surface area (Å²) in [5.74, 6) is 0.449. The Morgan fingerprint density at radius 3 is 2.53 bits per heavy atom. The maximum Gasteiger partial charge on any atom is 0.257 e. The molecule has 174 valence electrons. The summed E-state index contributed by atoms with van der Waals surface area (Å²) in [4.78, 5) is 17.4. The summed E-state index contributed by atoms with van der Waals surface area (Å²) in [6.45, 7) is 1.63. The second-order valence-corrected chi connectivity index (χ2v) is 9.17. The van der Waals surface area contributed by atoms with Crippen LogP contribution in [0.1, 0.15) is 34.3 Å². The lowest BCUT2D eigenvalue weighted by Gasteiger charge is -2.39. The molecule has 1 saturated heterocycles. The van der Waals surface area contributed by atoms with Gasteiger partial charge in [0.05, 0.1) is 18.3 Å². The molecular formula is C28H27ClN2O3. The minimum absolute atomic E-state index is 0.0939. The molecule has 2 aliphatic heterocycles. The molecule has 0 atom stereocenters. The van der Waals surface area contributed by atoms with Crippen molar-refractivity contribution >= 4 is 35.0 Å². The van der Waals surface area contributed by atoms with E-state index in [2.05, 4.69) is 29.2 Å². The second-order valence-electron chi connectivity index (χ2n) is 8.76. The quantitative estimate of drug-likeness (QED) is 0.532. The third-order valence-electron chi connectivity index (χ3n) is 6.79. The molecule has 0 bridgehead atoms. The number of para-hydroxylation sites is 1. The van der Waals surface area contributed by atoms with Crippen molar-refractivity contribution in [1.82, 2.24) is 4.90 Å². The predicted octanol–water partition coefficient (Wildman–Crippen LogP) is 5.64. The Kier molecular flexibility index (Phi) is 6.07. The second kappa shape index (κ2) is 9.16. The fraction of sp³-hybridized carbons (Fsp3) is 0.250. The van der Waals surface area contributed by atoms with Crippen LogP contribution >= 0.6 is 11.6 Å². The summed E-state index contributed by atoms with van der Waals surface area (Å²) in [5.41, 5.74) is 3.47. The van der Waals surface area contributed by atoms with Crippen molar-refractivity contribution in [3.63, 3.8) is 0 Å². The molecule has 0 aliphatic carbocycles. The molecule has 2 heterocycles. The molecule has 34 heavy (non-hydrogen) atoms. The van der Waals surface area contributed by atoms with Crippen molar-refractivity contribution < 1.29 is 14.6 Å². The zero-order valence-electron chi connectivity index (χ0n) is 19.1. The number of rotatable bonds is 4. The number of carbonyl (C=O) groups is 1. The van der Waals surface area contributed by atoms with Crippen LogP contribution in [0.3, 0.4) is 0 Å². The van der Waals surface area contributed by atoms with Crippen molar-refractivity contribution in [2.24, 2.45) is 0 Å². The molecule has 1 N–H and O–H groups in total. The number of fused-ring (bicyclic) bond motifs is 1. The molecule has 1 fully saturated rings. The number of nitrogens with zero attached hydrogens (tertiary/aromatic N) is 2. The van der Waals surface area contributed by atoms with Crippen LogP contribution in [0.2, 0.25) is 5.02 Å². The van der Waals surface area contributed by atoms with Crippen LogP contribution in [0, 0.1) is 0 Å². The summed E-state index contributed by atoms with van der Waals surface area (Å²) in [6, 6.07) is 21.3. The highest BCUT2D eigenvalue weighted by Gasteiger charge is 2.37. The minimum atomic E-state index is -1.03. The molecule has 0 saturated carbocycles. The van der Waals surface area contributed by atoms with E-state index >= 15 is 0 Å². The van der Waals surface area contributed by atoms with E-state index in [1.807, 2.05) is 48.5 Å². The number of amides is 1. The first-order chi connectivity index (χ1) is 16.5. The molecule has 0 spiro atoms. The number of methoxy groups -OCH3 is 1. The Balaban J connectivity index is 1.35. The Hall–Kier alpha value is -3.28.